The fraction of sp³-hybridized carbons (Fsp3) is 0.607. The SMILES string of the molecule is CN(C)c1ccc(/C=C2\C[C@@H]3[C@@H]4CC=C5C[C@@H](O)CC[C@]5(C)[C@H]4CC[C@]3(C)C2=O)cc1. The van der Waals surface area contributed by atoms with Crippen molar-refractivity contribution in [2.24, 2.45) is 28.6 Å². The molecule has 0 saturated heterocycles. The van der Waals surface area contributed by atoms with Crippen LogP contribution >= 0.6 is 0 Å². The summed E-state index contributed by atoms with van der Waals surface area (Å²) in [5.41, 5.74) is 4.86. The summed E-state index contributed by atoms with van der Waals surface area (Å²) in [7, 11) is 4.10. The smallest absolute Gasteiger partial charge is 0.165 e. The lowest BCUT2D eigenvalue weighted by atomic mass is 9.48. The first kappa shape index (κ1) is 21.0. The minimum absolute atomic E-state index is 0.161. The molecule has 1 aromatic carbocycles. The zero-order valence-corrected chi connectivity index (χ0v) is 19.5. The van der Waals surface area contributed by atoms with E-state index in [1.807, 2.05) is 14.1 Å². The van der Waals surface area contributed by atoms with Crippen molar-refractivity contribution in [1.82, 2.24) is 0 Å². The van der Waals surface area contributed by atoms with Crippen LogP contribution in [0.15, 0.2) is 41.5 Å². The van der Waals surface area contributed by atoms with E-state index in [9.17, 15) is 9.90 Å². The van der Waals surface area contributed by atoms with Gasteiger partial charge in [-0.05, 0) is 97.5 Å². The maximum atomic E-state index is 13.6. The summed E-state index contributed by atoms with van der Waals surface area (Å²) in [6, 6.07) is 8.52. The summed E-state index contributed by atoms with van der Waals surface area (Å²) >= 11 is 0. The van der Waals surface area contributed by atoms with Gasteiger partial charge in [-0.1, -0.05) is 37.6 Å². The van der Waals surface area contributed by atoms with Crippen molar-refractivity contribution in [3.8, 4) is 0 Å². The third-order valence-electron chi connectivity index (χ3n) is 9.47. The molecule has 4 aliphatic carbocycles. The first-order valence-corrected chi connectivity index (χ1v) is 12.1. The molecule has 0 unspecified atom stereocenters. The number of aliphatic hydroxyl groups is 1. The minimum atomic E-state index is -0.202. The van der Waals surface area contributed by atoms with Crippen molar-refractivity contribution in [2.45, 2.75) is 64.9 Å². The van der Waals surface area contributed by atoms with Crippen molar-refractivity contribution < 1.29 is 9.90 Å². The van der Waals surface area contributed by atoms with Crippen molar-refractivity contribution in [3.63, 3.8) is 0 Å². The van der Waals surface area contributed by atoms with E-state index in [4.69, 9.17) is 0 Å². The second-order valence-corrected chi connectivity index (χ2v) is 11.3. The number of Topliss-reactive ketones (excluding diaryl/α,β-unsaturated/α-hetero) is 1. The van der Waals surface area contributed by atoms with Crippen molar-refractivity contribution >= 4 is 17.5 Å². The topological polar surface area (TPSA) is 40.5 Å². The molecule has 5 rings (SSSR count). The largest absolute Gasteiger partial charge is 0.393 e. The summed E-state index contributed by atoms with van der Waals surface area (Å²) in [6.07, 6.45) is 11.5. The zero-order valence-electron chi connectivity index (χ0n) is 19.5. The van der Waals surface area contributed by atoms with Crippen molar-refractivity contribution in [1.29, 1.82) is 0 Å². The quantitative estimate of drug-likeness (QED) is 0.498. The van der Waals surface area contributed by atoms with Crippen LogP contribution in [0, 0.1) is 28.6 Å². The van der Waals surface area contributed by atoms with E-state index in [2.05, 4.69) is 55.2 Å². The first-order chi connectivity index (χ1) is 14.7. The van der Waals surface area contributed by atoms with Gasteiger partial charge in [0.1, 0.15) is 0 Å². The lowest BCUT2D eigenvalue weighted by Gasteiger charge is -2.56. The number of allylic oxidation sites excluding steroid dienone is 2. The summed E-state index contributed by atoms with van der Waals surface area (Å²) < 4.78 is 0. The van der Waals surface area contributed by atoms with Crippen molar-refractivity contribution in [2.75, 3.05) is 19.0 Å². The Morgan fingerprint density at radius 3 is 2.42 bits per heavy atom. The van der Waals surface area contributed by atoms with Crippen LogP contribution in [-0.2, 0) is 4.79 Å². The van der Waals surface area contributed by atoms with Gasteiger partial charge in [-0.3, -0.25) is 4.79 Å². The number of ketones is 1. The number of hydrogen-bond donors (Lipinski definition) is 1. The number of carbonyl (C=O) groups is 1. The second kappa shape index (κ2) is 7.33. The van der Waals surface area contributed by atoms with Crippen LogP contribution < -0.4 is 4.90 Å². The van der Waals surface area contributed by atoms with E-state index >= 15 is 0 Å². The van der Waals surface area contributed by atoms with E-state index in [0.717, 1.165) is 56.1 Å². The molecular weight excluding hydrogens is 382 g/mol. The van der Waals surface area contributed by atoms with Gasteiger partial charge in [0, 0.05) is 25.2 Å². The van der Waals surface area contributed by atoms with E-state index in [0.29, 0.717) is 23.5 Å². The molecule has 1 aromatic rings. The lowest BCUT2D eigenvalue weighted by molar-refractivity contribution is -0.130. The second-order valence-electron chi connectivity index (χ2n) is 11.3. The predicted octanol–water partition coefficient (Wildman–Crippen LogP) is 5.64. The normalized spacial score (nSPS) is 40.7. The molecule has 0 aromatic heterocycles. The zero-order chi connectivity index (χ0) is 22.0. The van der Waals surface area contributed by atoms with E-state index < -0.39 is 0 Å². The molecule has 0 radical (unpaired) electrons. The Bertz CT molecular complexity index is 942. The Morgan fingerprint density at radius 2 is 1.71 bits per heavy atom. The molecular formula is C28H37NO2. The number of nitrogens with zero attached hydrogens (tertiary/aromatic N) is 1. The van der Waals surface area contributed by atoms with E-state index in [1.165, 1.54) is 11.3 Å². The summed E-state index contributed by atoms with van der Waals surface area (Å²) in [6.45, 7) is 4.70. The number of fused-ring (bicyclic) bond motifs is 5. The van der Waals surface area contributed by atoms with Gasteiger partial charge in [-0.25, -0.2) is 0 Å². The molecule has 3 heteroatoms. The van der Waals surface area contributed by atoms with Crippen LogP contribution in [-0.4, -0.2) is 31.1 Å². The molecule has 0 heterocycles. The van der Waals surface area contributed by atoms with Crippen LogP contribution in [0.25, 0.3) is 6.08 Å². The van der Waals surface area contributed by atoms with Gasteiger partial charge < -0.3 is 10.0 Å². The Morgan fingerprint density at radius 1 is 1.00 bits per heavy atom. The number of rotatable bonds is 2. The Balaban J connectivity index is 1.44. The first-order valence-electron chi connectivity index (χ1n) is 12.1. The van der Waals surface area contributed by atoms with Crippen LogP contribution in [0.5, 0.6) is 0 Å². The number of carbonyl (C=O) groups excluding carboxylic acids is 1. The maximum absolute atomic E-state index is 13.6. The summed E-state index contributed by atoms with van der Waals surface area (Å²) in [5.74, 6) is 2.09. The fourth-order valence-electron chi connectivity index (χ4n) is 7.51. The predicted molar refractivity (Wildman–Crippen MR) is 127 cm³/mol. The standard InChI is InChI=1S/C28H37NO2/c1-27-13-11-22(30)17-20(27)7-10-23-24(27)12-14-28(2)25(23)16-19(26(28)31)15-18-5-8-21(9-6-18)29(3)4/h5-9,15,22-25,30H,10-14,16-17H2,1-4H3/b19-15+/t22-,23+,24-,25+,27-,28-/m0/s1. The molecule has 0 bridgehead atoms. The summed E-state index contributed by atoms with van der Waals surface area (Å²) in [5, 5.41) is 10.2. The summed E-state index contributed by atoms with van der Waals surface area (Å²) in [4.78, 5) is 15.7. The average Bonchev–Trinajstić information content (AvgIpc) is 2.99. The molecule has 0 spiro atoms. The highest BCUT2D eigenvalue weighted by molar-refractivity contribution is 6.06. The van der Waals surface area contributed by atoms with Crippen LogP contribution in [0.1, 0.15) is 64.4 Å². The van der Waals surface area contributed by atoms with E-state index in [-0.39, 0.29) is 16.9 Å². The van der Waals surface area contributed by atoms with Gasteiger partial charge in [0.25, 0.3) is 0 Å². The highest BCUT2D eigenvalue weighted by atomic mass is 16.3. The highest BCUT2D eigenvalue weighted by Crippen LogP contribution is 2.64. The van der Waals surface area contributed by atoms with Gasteiger partial charge in [-0.15, -0.1) is 0 Å². The molecule has 31 heavy (non-hydrogen) atoms. The highest BCUT2D eigenvalue weighted by Gasteiger charge is 2.59. The van der Waals surface area contributed by atoms with Gasteiger partial charge >= 0.3 is 0 Å². The Labute approximate surface area is 187 Å². The molecule has 3 nitrogen and oxygen atoms in total. The Hall–Kier alpha value is -1.87. The maximum Gasteiger partial charge on any atom is 0.165 e. The molecule has 6 atom stereocenters. The van der Waals surface area contributed by atoms with Crippen molar-refractivity contribution in [3.05, 3.63) is 47.1 Å². The van der Waals surface area contributed by atoms with Crippen LogP contribution in [0.4, 0.5) is 5.69 Å². The van der Waals surface area contributed by atoms with Gasteiger partial charge in [0.05, 0.1) is 6.10 Å². The molecule has 3 saturated carbocycles. The third-order valence-corrected chi connectivity index (χ3v) is 9.47. The average molecular weight is 420 g/mol. The monoisotopic (exact) mass is 419 g/mol. The third kappa shape index (κ3) is 3.23. The van der Waals surface area contributed by atoms with Gasteiger partial charge in [0.15, 0.2) is 5.78 Å². The number of hydrogen-bond acceptors (Lipinski definition) is 3. The fourth-order valence-corrected chi connectivity index (χ4v) is 7.51. The van der Waals surface area contributed by atoms with Gasteiger partial charge in [-0.2, -0.15) is 0 Å². The molecule has 1 N–H and O–H groups in total. The molecule has 0 aliphatic heterocycles. The number of benzene rings is 1. The lowest BCUT2D eigenvalue weighted by Crippen LogP contribution is -2.50. The van der Waals surface area contributed by atoms with Crippen LogP contribution in [0.2, 0.25) is 0 Å². The van der Waals surface area contributed by atoms with Crippen LogP contribution in [0.3, 0.4) is 0 Å². The molecule has 166 valence electrons. The molecule has 0 amide bonds. The van der Waals surface area contributed by atoms with E-state index in [1.54, 1.807) is 0 Å². The van der Waals surface area contributed by atoms with Gasteiger partial charge in [0.2, 0.25) is 0 Å². The number of aliphatic hydroxyl groups excluding tert-OH is 1. The molecule has 4 aliphatic rings. The Kier molecular flexibility index (Phi) is 4.97. The minimum Gasteiger partial charge on any atom is -0.393 e. The molecule has 3 fully saturated rings. The number of anilines is 1.